The van der Waals surface area contributed by atoms with Crippen molar-refractivity contribution in [3.8, 4) is 11.4 Å². The van der Waals surface area contributed by atoms with Gasteiger partial charge in [0.1, 0.15) is 17.7 Å². The molecule has 1 amide bonds. The molecule has 2 N–H and O–H groups in total. The van der Waals surface area contributed by atoms with Crippen molar-refractivity contribution in [1.82, 2.24) is 14.9 Å². The SMILES string of the molecule is Cc1cc(-c2nc3cc(F)ccc3n2C(C)C)ccc1NC(=O)C1CNCCO1. The van der Waals surface area contributed by atoms with Crippen molar-refractivity contribution in [2.75, 3.05) is 25.0 Å². The number of rotatable bonds is 4. The zero-order valence-electron chi connectivity index (χ0n) is 16.8. The van der Waals surface area contributed by atoms with Crippen LogP contribution in [-0.4, -0.2) is 41.3 Å². The Labute approximate surface area is 169 Å². The first-order chi connectivity index (χ1) is 13.9. The number of fused-ring (bicyclic) bond motifs is 1. The summed E-state index contributed by atoms with van der Waals surface area (Å²) >= 11 is 0. The molecular weight excluding hydrogens is 371 g/mol. The summed E-state index contributed by atoms with van der Waals surface area (Å²) in [7, 11) is 0. The van der Waals surface area contributed by atoms with Gasteiger partial charge in [0.05, 0.1) is 17.6 Å². The van der Waals surface area contributed by atoms with E-state index in [1.165, 1.54) is 12.1 Å². The highest BCUT2D eigenvalue weighted by atomic mass is 19.1. The fraction of sp³-hybridized carbons (Fsp3) is 0.364. The van der Waals surface area contributed by atoms with E-state index >= 15 is 0 Å². The third-order valence-electron chi connectivity index (χ3n) is 5.13. The summed E-state index contributed by atoms with van der Waals surface area (Å²) in [6, 6.07) is 10.6. The minimum absolute atomic E-state index is 0.155. The molecule has 2 heterocycles. The molecule has 29 heavy (non-hydrogen) atoms. The summed E-state index contributed by atoms with van der Waals surface area (Å²) in [5, 5.41) is 6.11. The Morgan fingerprint density at radius 2 is 2.14 bits per heavy atom. The molecule has 0 bridgehead atoms. The number of hydrogen-bond donors (Lipinski definition) is 2. The van der Waals surface area contributed by atoms with Crippen LogP contribution >= 0.6 is 0 Å². The predicted octanol–water partition coefficient (Wildman–Crippen LogP) is 3.66. The van der Waals surface area contributed by atoms with Crippen molar-refractivity contribution in [3.63, 3.8) is 0 Å². The van der Waals surface area contributed by atoms with Crippen LogP contribution in [0.3, 0.4) is 0 Å². The number of amides is 1. The highest BCUT2D eigenvalue weighted by Crippen LogP contribution is 2.31. The first-order valence-corrected chi connectivity index (χ1v) is 9.85. The topological polar surface area (TPSA) is 68.2 Å². The van der Waals surface area contributed by atoms with E-state index in [-0.39, 0.29) is 17.8 Å². The fourth-order valence-corrected chi connectivity index (χ4v) is 3.69. The van der Waals surface area contributed by atoms with Gasteiger partial charge in [-0.1, -0.05) is 0 Å². The van der Waals surface area contributed by atoms with E-state index in [9.17, 15) is 9.18 Å². The molecule has 4 rings (SSSR count). The zero-order valence-corrected chi connectivity index (χ0v) is 16.8. The number of benzene rings is 2. The van der Waals surface area contributed by atoms with Gasteiger partial charge >= 0.3 is 0 Å². The lowest BCUT2D eigenvalue weighted by atomic mass is 10.1. The monoisotopic (exact) mass is 396 g/mol. The van der Waals surface area contributed by atoms with Gasteiger partial charge in [-0.3, -0.25) is 4.79 Å². The Bertz CT molecular complexity index is 1050. The van der Waals surface area contributed by atoms with Crippen LogP contribution in [0.1, 0.15) is 25.5 Å². The fourth-order valence-electron chi connectivity index (χ4n) is 3.69. The summed E-state index contributed by atoms with van der Waals surface area (Å²) in [5.41, 5.74) is 4.11. The van der Waals surface area contributed by atoms with E-state index in [0.29, 0.717) is 18.7 Å². The van der Waals surface area contributed by atoms with Crippen LogP contribution in [0, 0.1) is 12.7 Å². The Morgan fingerprint density at radius 1 is 1.31 bits per heavy atom. The van der Waals surface area contributed by atoms with E-state index in [1.807, 2.05) is 25.1 Å². The third-order valence-corrected chi connectivity index (χ3v) is 5.13. The molecule has 0 radical (unpaired) electrons. The van der Waals surface area contributed by atoms with Crippen molar-refractivity contribution in [2.45, 2.75) is 32.9 Å². The summed E-state index contributed by atoms with van der Waals surface area (Å²) in [4.78, 5) is 17.1. The maximum atomic E-state index is 13.7. The molecule has 1 fully saturated rings. The number of imidazole rings is 1. The first kappa shape index (κ1) is 19.5. The number of nitrogens with zero attached hydrogens (tertiary/aromatic N) is 2. The smallest absolute Gasteiger partial charge is 0.254 e. The number of anilines is 1. The Morgan fingerprint density at radius 3 is 2.83 bits per heavy atom. The second kappa shape index (κ2) is 7.93. The van der Waals surface area contributed by atoms with Crippen molar-refractivity contribution in [1.29, 1.82) is 0 Å². The third kappa shape index (κ3) is 3.88. The molecule has 7 heteroatoms. The minimum Gasteiger partial charge on any atom is -0.366 e. The van der Waals surface area contributed by atoms with Crippen molar-refractivity contribution in [2.24, 2.45) is 0 Å². The molecular formula is C22H25FN4O2. The molecule has 1 aliphatic heterocycles. The summed E-state index contributed by atoms with van der Waals surface area (Å²) < 4.78 is 21.3. The van der Waals surface area contributed by atoms with Gasteiger partial charge in [0.2, 0.25) is 0 Å². The summed E-state index contributed by atoms with van der Waals surface area (Å²) in [6.45, 7) is 7.90. The van der Waals surface area contributed by atoms with Gasteiger partial charge in [-0.05, 0) is 56.7 Å². The summed E-state index contributed by atoms with van der Waals surface area (Å²) in [6.07, 6.45) is -0.483. The lowest BCUT2D eigenvalue weighted by molar-refractivity contribution is -0.128. The molecule has 152 valence electrons. The van der Waals surface area contributed by atoms with E-state index in [2.05, 4.69) is 34.0 Å². The molecule has 3 aromatic rings. The van der Waals surface area contributed by atoms with Crippen LogP contribution in [0.25, 0.3) is 22.4 Å². The highest BCUT2D eigenvalue weighted by molar-refractivity contribution is 5.95. The predicted molar refractivity (Wildman–Crippen MR) is 111 cm³/mol. The largest absolute Gasteiger partial charge is 0.366 e. The first-order valence-electron chi connectivity index (χ1n) is 9.85. The average molecular weight is 396 g/mol. The number of aromatic nitrogens is 2. The lowest BCUT2D eigenvalue weighted by Crippen LogP contribution is -2.45. The zero-order chi connectivity index (χ0) is 20.5. The maximum absolute atomic E-state index is 13.7. The number of nitrogens with one attached hydrogen (secondary N) is 2. The van der Waals surface area contributed by atoms with E-state index in [1.54, 1.807) is 6.07 Å². The molecule has 1 saturated heterocycles. The van der Waals surface area contributed by atoms with Crippen LogP contribution in [-0.2, 0) is 9.53 Å². The van der Waals surface area contributed by atoms with Gasteiger partial charge in [0.25, 0.3) is 5.91 Å². The van der Waals surface area contributed by atoms with Gasteiger partial charge in [0, 0.05) is 36.4 Å². The number of ether oxygens (including phenoxy) is 1. The standard InChI is InChI=1S/C22H25FN4O2/c1-13(2)27-19-7-5-16(23)11-18(19)25-21(27)15-4-6-17(14(3)10-15)26-22(28)20-12-24-8-9-29-20/h4-7,10-11,13,20,24H,8-9,12H2,1-3H3,(H,26,28). The van der Waals surface area contributed by atoms with Crippen LogP contribution < -0.4 is 10.6 Å². The van der Waals surface area contributed by atoms with Gasteiger partial charge in [0.15, 0.2) is 0 Å². The number of carbonyl (C=O) groups is 1. The van der Waals surface area contributed by atoms with Crippen molar-refractivity contribution < 1.29 is 13.9 Å². The molecule has 6 nitrogen and oxygen atoms in total. The quantitative estimate of drug-likeness (QED) is 0.706. The van der Waals surface area contributed by atoms with Gasteiger partial charge in [-0.25, -0.2) is 9.37 Å². The van der Waals surface area contributed by atoms with Gasteiger partial charge in [-0.15, -0.1) is 0 Å². The number of hydrogen-bond acceptors (Lipinski definition) is 4. The normalized spacial score (nSPS) is 17.1. The molecule has 1 aliphatic rings. The Balaban J connectivity index is 1.65. The Kier molecular flexibility index (Phi) is 5.34. The van der Waals surface area contributed by atoms with Crippen LogP contribution in [0.4, 0.5) is 10.1 Å². The number of morpholine rings is 1. The molecule has 1 unspecified atom stereocenters. The lowest BCUT2D eigenvalue weighted by Gasteiger charge is -2.23. The van der Waals surface area contributed by atoms with Crippen LogP contribution in [0.5, 0.6) is 0 Å². The van der Waals surface area contributed by atoms with Crippen LogP contribution in [0.2, 0.25) is 0 Å². The van der Waals surface area contributed by atoms with E-state index in [0.717, 1.165) is 34.7 Å². The molecule has 1 aromatic heterocycles. The van der Waals surface area contributed by atoms with Crippen molar-refractivity contribution >= 4 is 22.6 Å². The molecule has 0 saturated carbocycles. The molecule has 0 spiro atoms. The van der Waals surface area contributed by atoms with Gasteiger partial charge in [-0.2, -0.15) is 0 Å². The average Bonchev–Trinajstić information content (AvgIpc) is 3.09. The number of halogens is 1. The van der Waals surface area contributed by atoms with Gasteiger partial charge < -0.3 is 19.9 Å². The van der Waals surface area contributed by atoms with Crippen molar-refractivity contribution in [3.05, 3.63) is 47.8 Å². The summed E-state index contributed by atoms with van der Waals surface area (Å²) in [5.74, 6) is 0.324. The molecule has 2 aromatic carbocycles. The van der Waals surface area contributed by atoms with Crippen LogP contribution in [0.15, 0.2) is 36.4 Å². The second-order valence-corrected chi connectivity index (χ2v) is 7.61. The molecule has 1 atom stereocenters. The Hall–Kier alpha value is -2.77. The maximum Gasteiger partial charge on any atom is 0.254 e. The van der Waals surface area contributed by atoms with E-state index in [4.69, 9.17) is 4.74 Å². The minimum atomic E-state index is -0.483. The highest BCUT2D eigenvalue weighted by Gasteiger charge is 2.22. The second-order valence-electron chi connectivity index (χ2n) is 7.61. The van der Waals surface area contributed by atoms with E-state index < -0.39 is 6.10 Å². The molecule has 0 aliphatic carbocycles. The number of aryl methyl sites for hydroxylation is 1. The number of carbonyl (C=O) groups excluding carboxylic acids is 1.